The fourth-order valence-electron chi connectivity index (χ4n) is 1.99. The first-order chi connectivity index (χ1) is 9.24. The summed E-state index contributed by atoms with van der Waals surface area (Å²) >= 11 is 2.03. The van der Waals surface area contributed by atoms with Gasteiger partial charge in [-0.05, 0) is 48.6 Å². The molecule has 1 heterocycles. The van der Waals surface area contributed by atoms with Crippen molar-refractivity contribution in [1.29, 1.82) is 0 Å². The maximum Gasteiger partial charge on any atom is 0.220 e. The van der Waals surface area contributed by atoms with Crippen LogP contribution >= 0.6 is 11.8 Å². The first-order valence-corrected chi connectivity index (χ1v) is 7.75. The molecule has 1 fully saturated rings. The molecule has 0 unspecified atom stereocenters. The summed E-state index contributed by atoms with van der Waals surface area (Å²) in [5.74, 6) is 2.91. The molecule has 0 aromatic heterocycles. The van der Waals surface area contributed by atoms with Crippen LogP contribution in [-0.2, 0) is 4.79 Å². The van der Waals surface area contributed by atoms with Gasteiger partial charge < -0.3 is 15.8 Å². The van der Waals surface area contributed by atoms with E-state index < -0.39 is 0 Å². The molecule has 0 atom stereocenters. The van der Waals surface area contributed by atoms with E-state index >= 15 is 0 Å². The SMILES string of the molecule is NC(=O)CCOc1ccc(NC2CCSCC2)cc1. The molecule has 104 valence electrons. The van der Waals surface area contributed by atoms with Gasteiger partial charge in [0.05, 0.1) is 13.0 Å². The number of ether oxygens (including phenoxy) is 1. The molecule has 1 aliphatic rings. The summed E-state index contributed by atoms with van der Waals surface area (Å²) in [6.07, 6.45) is 2.70. The van der Waals surface area contributed by atoms with Crippen molar-refractivity contribution in [1.82, 2.24) is 0 Å². The number of amides is 1. The summed E-state index contributed by atoms with van der Waals surface area (Å²) in [5, 5.41) is 3.54. The van der Waals surface area contributed by atoms with Gasteiger partial charge in [-0.1, -0.05) is 0 Å². The Hall–Kier alpha value is -1.36. The van der Waals surface area contributed by atoms with E-state index in [-0.39, 0.29) is 12.3 Å². The average Bonchev–Trinajstić information content (AvgIpc) is 2.42. The second-order valence-corrected chi connectivity index (χ2v) is 5.84. The Labute approximate surface area is 118 Å². The summed E-state index contributed by atoms with van der Waals surface area (Å²) in [7, 11) is 0. The summed E-state index contributed by atoms with van der Waals surface area (Å²) in [6, 6.07) is 8.45. The van der Waals surface area contributed by atoms with E-state index in [0.717, 1.165) is 11.4 Å². The number of hydrogen-bond acceptors (Lipinski definition) is 4. The summed E-state index contributed by atoms with van der Waals surface area (Å²) in [6.45, 7) is 0.335. The fraction of sp³-hybridized carbons (Fsp3) is 0.500. The molecule has 1 aromatic carbocycles. The molecule has 0 spiro atoms. The number of benzene rings is 1. The van der Waals surface area contributed by atoms with Crippen molar-refractivity contribution in [3.63, 3.8) is 0 Å². The molecule has 1 saturated heterocycles. The van der Waals surface area contributed by atoms with Crippen LogP contribution in [-0.4, -0.2) is 30.1 Å². The second-order valence-electron chi connectivity index (χ2n) is 4.62. The van der Waals surface area contributed by atoms with Crippen molar-refractivity contribution in [3.05, 3.63) is 24.3 Å². The molecule has 4 nitrogen and oxygen atoms in total. The van der Waals surface area contributed by atoms with E-state index in [9.17, 15) is 4.79 Å². The minimum Gasteiger partial charge on any atom is -0.493 e. The van der Waals surface area contributed by atoms with E-state index in [1.54, 1.807) is 0 Å². The number of thioether (sulfide) groups is 1. The topological polar surface area (TPSA) is 64.4 Å². The number of carbonyl (C=O) groups is 1. The van der Waals surface area contributed by atoms with Gasteiger partial charge in [-0.2, -0.15) is 11.8 Å². The molecule has 3 N–H and O–H groups in total. The van der Waals surface area contributed by atoms with Crippen molar-refractivity contribution in [2.24, 2.45) is 5.73 Å². The Morgan fingerprint density at radius 3 is 2.63 bits per heavy atom. The van der Waals surface area contributed by atoms with Crippen LogP contribution < -0.4 is 15.8 Å². The minimum atomic E-state index is -0.339. The van der Waals surface area contributed by atoms with E-state index in [2.05, 4.69) is 5.32 Å². The van der Waals surface area contributed by atoms with Crippen molar-refractivity contribution in [2.75, 3.05) is 23.4 Å². The fourth-order valence-corrected chi connectivity index (χ4v) is 3.10. The third-order valence-electron chi connectivity index (χ3n) is 3.06. The number of nitrogens with one attached hydrogen (secondary N) is 1. The molecule has 0 bridgehead atoms. The van der Waals surface area contributed by atoms with Crippen LogP contribution in [0.5, 0.6) is 5.75 Å². The Kier molecular flexibility index (Phi) is 5.39. The average molecular weight is 280 g/mol. The van der Waals surface area contributed by atoms with Gasteiger partial charge in [0, 0.05) is 11.7 Å². The van der Waals surface area contributed by atoms with Crippen LogP contribution in [0.3, 0.4) is 0 Å². The van der Waals surface area contributed by atoms with Gasteiger partial charge in [-0.25, -0.2) is 0 Å². The Balaban J connectivity index is 1.78. The normalized spacial score (nSPS) is 16.0. The van der Waals surface area contributed by atoms with Crippen LogP contribution in [0.1, 0.15) is 19.3 Å². The number of anilines is 1. The van der Waals surface area contributed by atoms with E-state index in [0.29, 0.717) is 12.6 Å². The quantitative estimate of drug-likeness (QED) is 0.839. The van der Waals surface area contributed by atoms with E-state index in [1.807, 2.05) is 36.0 Å². The smallest absolute Gasteiger partial charge is 0.220 e. The van der Waals surface area contributed by atoms with Gasteiger partial charge in [0.2, 0.25) is 5.91 Å². The first-order valence-electron chi connectivity index (χ1n) is 6.59. The monoisotopic (exact) mass is 280 g/mol. The van der Waals surface area contributed by atoms with Crippen LogP contribution in [0, 0.1) is 0 Å². The van der Waals surface area contributed by atoms with Gasteiger partial charge >= 0.3 is 0 Å². The summed E-state index contributed by atoms with van der Waals surface area (Å²) in [4.78, 5) is 10.6. The van der Waals surface area contributed by atoms with Crippen molar-refractivity contribution in [3.8, 4) is 5.75 Å². The molecule has 0 radical (unpaired) electrons. The molecular formula is C14H20N2O2S. The van der Waals surface area contributed by atoms with Gasteiger partial charge in [-0.15, -0.1) is 0 Å². The number of rotatable bonds is 6. The first kappa shape index (κ1) is 14.1. The lowest BCUT2D eigenvalue weighted by Gasteiger charge is -2.23. The largest absolute Gasteiger partial charge is 0.493 e. The van der Waals surface area contributed by atoms with Crippen molar-refractivity contribution < 1.29 is 9.53 Å². The van der Waals surface area contributed by atoms with Gasteiger partial charge in [0.25, 0.3) is 0 Å². The third kappa shape index (κ3) is 5.03. The molecule has 1 amide bonds. The summed E-state index contributed by atoms with van der Waals surface area (Å²) < 4.78 is 5.43. The highest BCUT2D eigenvalue weighted by atomic mass is 32.2. The van der Waals surface area contributed by atoms with Crippen LogP contribution in [0.2, 0.25) is 0 Å². The van der Waals surface area contributed by atoms with Crippen LogP contribution in [0.25, 0.3) is 0 Å². The second kappa shape index (κ2) is 7.28. The minimum absolute atomic E-state index is 0.250. The Morgan fingerprint density at radius 1 is 1.32 bits per heavy atom. The highest BCUT2D eigenvalue weighted by Crippen LogP contribution is 2.22. The number of primary amides is 1. The van der Waals surface area contributed by atoms with Crippen LogP contribution in [0.15, 0.2) is 24.3 Å². The zero-order chi connectivity index (χ0) is 13.5. The lowest BCUT2D eigenvalue weighted by atomic mass is 10.1. The standard InChI is InChI=1S/C14H20N2O2S/c15-14(17)5-8-18-13-3-1-11(2-4-13)16-12-6-9-19-10-7-12/h1-4,12,16H,5-10H2,(H2,15,17). The molecule has 2 rings (SSSR count). The molecule has 0 aliphatic carbocycles. The Morgan fingerprint density at radius 2 is 2.00 bits per heavy atom. The molecule has 1 aromatic rings. The lowest BCUT2D eigenvalue weighted by Crippen LogP contribution is -2.24. The maximum absolute atomic E-state index is 10.6. The Bertz CT molecular complexity index is 402. The number of nitrogens with two attached hydrogens (primary N) is 1. The van der Waals surface area contributed by atoms with Crippen molar-refractivity contribution >= 4 is 23.4 Å². The highest BCUT2D eigenvalue weighted by Gasteiger charge is 2.12. The number of hydrogen-bond donors (Lipinski definition) is 2. The molecular weight excluding hydrogens is 260 g/mol. The summed E-state index contributed by atoms with van der Waals surface area (Å²) in [5.41, 5.74) is 6.18. The number of carbonyl (C=O) groups excluding carboxylic acids is 1. The lowest BCUT2D eigenvalue weighted by molar-refractivity contribution is -0.118. The molecule has 5 heteroatoms. The van der Waals surface area contributed by atoms with Crippen LogP contribution in [0.4, 0.5) is 5.69 Å². The predicted octanol–water partition coefficient (Wildman–Crippen LogP) is 2.25. The van der Waals surface area contributed by atoms with Gasteiger partial charge in [0.1, 0.15) is 5.75 Å². The van der Waals surface area contributed by atoms with Gasteiger partial charge in [0.15, 0.2) is 0 Å². The molecule has 19 heavy (non-hydrogen) atoms. The van der Waals surface area contributed by atoms with E-state index in [1.165, 1.54) is 24.3 Å². The third-order valence-corrected chi connectivity index (χ3v) is 4.11. The van der Waals surface area contributed by atoms with Crippen molar-refractivity contribution in [2.45, 2.75) is 25.3 Å². The van der Waals surface area contributed by atoms with E-state index in [4.69, 9.17) is 10.5 Å². The zero-order valence-electron chi connectivity index (χ0n) is 10.9. The zero-order valence-corrected chi connectivity index (χ0v) is 11.7. The molecule has 0 saturated carbocycles. The van der Waals surface area contributed by atoms with Gasteiger partial charge in [-0.3, -0.25) is 4.79 Å². The maximum atomic E-state index is 10.6. The molecule has 1 aliphatic heterocycles. The highest BCUT2D eigenvalue weighted by molar-refractivity contribution is 7.99. The predicted molar refractivity (Wildman–Crippen MR) is 79.7 cm³/mol.